The number of carbonyl (C=O) groups is 1. The number of aryl methyl sites for hydroxylation is 1. The van der Waals surface area contributed by atoms with Gasteiger partial charge in [-0.05, 0) is 42.2 Å². The molecule has 9 nitrogen and oxygen atoms in total. The molecule has 0 fully saturated rings. The minimum atomic E-state index is -4.80. The summed E-state index contributed by atoms with van der Waals surface area (Å²) in [6, 6.07) is 18.5. The van der Waals surface area contributed by atoms with E-state index in [-0.39, 0.29) is 39.9 Å². The highest BCUT2D eigenvalue weighted by atomic mass is 19.4. The van der Waals surface area contributed by atoms with Crippen LogP contribution in [0.1, 0.15) is 46.9 Å². The molecule has 0 saturated heterocycles. The summed E-state index contributed by atoms with van der Waals surface area (Å²) in [6.45, 7) is 5.85. The summed E-state index contributed by atoms with van der Waals surface area (Å²) in [4.78, 5) is 28.6. The summed E-state index contributed by atoms with van der Waals surface area (Å²) in [5, 5.41) is 17.9. The molecular formula is C30H24F3N5O4. The Kier molecular flexibility index (Phi) is 7.38. The molecule has 0 atom stereocenters. The van der Waals surface area contributed by atoms with Gasteiger partial charge in [0.25, 0.3) is 11.6 Å². The fraction of sp³-hybridized carbons (Fsp3) is 0.167. The zero-order valence-electron chi connectivity index (χ0n) is 22.6. The number of non-ortho nitro benzene ring substituents is 1. The van der Waals surface area contributed by atoms with Gasteiger partial charge in [0.15, 0.2) is 11.3 Å². The molecular weight excluding hydrogens is 551 g/mol. The quantitative estimate of drug-likeness (QED) is 0.157. The van der Waals surface area contributed by atoms with Crippen LogP contribution in [0.2, 0.25) is 0 Å². The van der Waals surface area contributed by atoms with Crippen molar-refractivity contribution < 1.29 is 27.6 Å². The Hall–Kier alpha value is -5.26. The lowest BCUT2D eigenvalue weighted by Gasteiger charge is -2.13. The van der Waals surface area contributed by atoms with Crippen LogP contribution in [0, 0.1) is 17.0 Å². The largest absolute Gasteiger partial charge is 0.457 e. The van der Waals surface area contributed by atoms with Gasteiger partial charge in [0, 0.05) is 17.7 Å². The van der Waals surface area contributed by atoms with Crippen LogP contribution in [0.25, 0.3) is 16.9 Å². The van der Waals surface area contributed by atoms with Crippen molar-refractivity contribution in [3.05, 3.63) is 111 Å². The van der Waals surface area contributed by atoms with Crippen LogP contribution in [0.15, 0.2) is 79.0 Å². The average Bonchev–Trinajstić information content (AvgIpc) is 3.36. The average molecular weight is 576 g/mol. The van der Waals surface area contributed by atoms with Gasteiger partial charge in [0.05, 0.1) is 28.6 Å². The number of aromatic nitrogens is 3. The van der Waals surface area contributed by atoms with Gasteiger partial charge < -0.3 is 10.1 Å². The molecule has 0 spiro atoms. The number of nitro groups is 1. The summed E-state index contributed by atoms with van der Waals surface area (Å²) < 4.78 is 48.4. The molecule has 0 saturated carbocycles. The van der Waals surface area contributed by atoms with Gasteiger partial charge in [-0.25, -0.2) is 9.50 Å². The lowest BCUT2D eigenvalue weighted by molar-refractivity contribution is -0.384. The first-order chi connectivity index (χ1) is 19.9. The monoisotopic (exact) mass is 575 g/mol. The maximum atomic E-state index is 14.0. The number of halogens is 3. The summed E-state index contributed by atoms with van der Waals surface area (Å²) in [5.41, 5.74) is 0.274. The molecule has 2 aromatic heterocycles. The van der Waals surface area contributed by atoms with E-state index in [0.29, 0.717) is 15.8 Å². The zero-order valence-corrected chi connectivity index (χ0v) is 22.6. The number of nitro benzene ring substituents is 1. The minimum Gasteiger partial charge on any atom is -0.457 e. The number of amides is 1. The van der Waals surface area contributed by atoms with Gasteiger partial charge in [0.2, 0.25) is 0 Å². The number of rotatable bonds is 7. The second-order valence-corrected chi connectivity index (χ2v) is 9.94. The van der Waals surface area contributed by atoms with E-state index in [1.54, 1.807) is 30.3 Å². The van der Waals surface area contributed by atoms with E-state index in [1.807, 2.05) is 39.0 Å². The van der Waals surface area contributed by atoms with Crippen molar-refractivity contribution in [2.75, 3.05) is 5.32 Å². The minimum absolute atomic E-state index is 0.00358. The van der Waals surface area contributed by atoms with Crippen LogP contribution in [0.4, 0.5) is 24.5 Å². The van der Waals surface area contributed by atoms with E-state index in [2.05, 4.69) is 15.4 Å². The number of ether oxygens (including phenoxy) is 1. The molecule has 5 rings (SSSR count). The van der Waals surface area contributed by atoms with Crippen LogP contribution >= 0.6 is 0 Å². The predicted molar refractivity (Wildman–Crippen MR) is 150 cm³/mol. The lowest BCUT2D eigenvalue weighted by Crippen LogP contribution is -2.16. The number of alkyl halides is 3. The molecule has 5 aromatic rings. The van der Waals surface area contributed by atoms with Crippen LogP contribution < -0.4 is 10.1 Å². The van der Waals surface area contributed by atoms with Crippen molar-refractivity contribution >= 4 is 22.9 Å². The van der Waals surface area contributed by atoms with Crippen molar-refractivity contribution in [3.8, 4) is 22.8 Å². The standard InChI is InChI=1S/C30H24F3N5O4/c1-17(2)19-7-9-20(10-8-19)26-15-27(30(31,32)33)37-28(36-26)25(16-34-37)29(39)35-21-12-22(38(40)41)14-24(13-21)42-23-6-4-5-18(3)11-23/h4-17H,1-3H3,(H,35,39). The molecule has 0 aliphatic rings. The highest BCUT2D eigenvalue weighted by molar-refractivity contribution is 6.08. The molecule has 3 aromatic carbocycles. The Morgan fingerprint density at radius 3 is 2.40 bits per heavy atom. The topological polar surface area (TPSA) is 112 Å². The summed E-state index contributed by atoms with van der Waals surface area (Å²) >= 11 is 0. The van der Waals surface area contributed by atoms with E-state index in [4.69, 9.17) is 4.74 Å². The van der Waals surface area contributed by atoms with E-state index in [0.717, 1.165) is 29.5 Å². The van der Waals surface area contributed by atoms with Crippen LogP contribution in [0.5, 0.6) is 11.5 Å². The van der Waals surface area contributed by atoms with Gasteiger partial charge >= 0.3 is 6.18 Å². The first kappa shape index (κ1) is 28.3. The number of hydrogen-bond donors (Lipinski definition) is 1. The van der Waals surface area contributed by atoms with Gasteiger partial charge in [0.1, 0.15) is 17.1 Å². The molecule has 1 N–H and O–H groups in total. The molecule has 0 unspecified atom stereocenters. The normalized spacial score (nSPS) is 11.6. The number of nitrogens with zero attached hydrogens (tertiary/aromatic N) is 4. The Morgan fingerprint density at radius 2 is 1.76 bits per heavy atom. The van der Waals surface area contributed by atoms with Crippen molar-refractivity contribution in [1.29, 1.82) is 0 Å². The third-order valence-electron chi connectivity index (χ3n) is 6.47. The number of anilines is 1. The molecule has 214 valence electrons. The summed E-state index contributed by atoms with van der Waals surface area (Å²) in [5.74, 6) is -0.135. The Labute approximate surface area is 237 Å². The molecule has 0 aliphatic carbocycles. The highest BCUT2D eigenvalue weighted by Crippen LogP contribution is 2.34. The molecule has 0 bridgehead atoms. The maximum absolute atomic E-state index is 14.0. The second-order valence-electron chi connectivity index (χ2n) is 9.94. The molecule has 0 radical (unpaired) electrons. The van der Waals surface area contributed by atoms with Crippen molar-refractivity contribution in [2.45, 2.75) is 32.9 Å². The number of carbonyl (C=O) groups excluding carboxylic acids is 1. The number of fused-ring (bicyclic) bond motifs is 1. The number of benzene rings is 3. The SMILES string of the molecule is Cc1cccc(Oc2cc(NC(=O)c3cnn4c(C(F)(F)F)cc(-c5ccc(C(C)C)cc5)nc34)cc([N+](=O)[O-])c2)c1. The smallest absolute Gasteiger partial charge is 0.433 e. The maximum Gasteiger partial charge on any atom is 0.433 e. The van der Waals surface area contributed by atoms with Crippen LogP contribution in [-0.4, -0.2) is 25.4 Å². The fourth-order valence-corrected chi connectivity index (χ4v) is 4.34. The highest BCUT2D eigenvalue weighted by Gasteiger charge is 2.36. The third kappa shape index (κ3) is 5.92. The van der Waals surface area contributed by atoms with E-state index < -0.39 is 22.7 Å². The molecule has 0 aliphatic heterocycles. The summed E-state index contributed by atoms with van der Waals surface area (Å²) in [7, 11) is 0. The van der Waals surface area contributed by atoms with Crippen molar-refractivity contribution in [3.63, 3.8) is 0 Å². The van der Waals surface area contributed by atoms with Crippen LogP contribution in [-0.2, 0) is 6.18 Å². The van der Waals surface area contributed by atoms with Gasteiger partial charge in [-0.1, -0.05) is 50.2 Å². The predicted octanol–water partition coefficient (Wildman–Crippen LogP) is 7.80. The molecule has 12 heteroatoms. The third-order valence-corrected chi connectivity index (χ3v) is 6.47. The van der Waals surface area contributed by atoms with E-state index in [1.165, 1.54) is 12.1 Å². The Balaban J connectivity index is 1.53. The van der Waals surface area contributed by atoms with Crippen molar-refractivity contribution in [2.24, 2.45) is 0 Å². The second kappa shape index (κ2) is 11.0. The first-order valence-corrected chi connectivity index (χ1v) is 12.8. The van der Waals surface area contributed by atoms with Gasteiger partial charge in [-0.3, -0.25) is 14.9 Å². The van der Waals surface area contributed by atoms with E-state index >= 15 is 0 Å². The molecule has 1 amide bonds. The number of hydrogen-bond acceptors (Lipinski definition) is 6. The zero-order chi connectivity index (χ0) is 30.2. The van der Waals surface area contributed by atoms with E-state index in [9.17, 15) is 28.1 Å². The number of nitrogens with one attached hydrogen (secondary N) is 1. The molecule has 42 heavy (non-hydrogen) atoms. The summed E-state index contributed by atoms with van der Waals surface area (Å²) in [6.07, 6.45) is -3.82. The Bertz CT molecular complexity index is 1810. The first-order valence-electron chi connectivity index (χ1n) is 12.8. The lowest BCUT2D eigenvalue weighted by atomic mass is 10.0. The van der Waals surface area contributed by atoms with Gasteiger partial charge in [-0.15, -0.1) is 0 Å². The molecule has 2 heterocycles. The fourth-order valence-electron chi connectivity index (χ4n) is 4.34. The van der Waals surface area contributed by atoms with Gasteiger partial charge in [-0.2, -0.15) is 18.3 Å². The Morgan fingerprint density at radius 1 is 1.02 bits per heavy atom. The van der Waals surface area contributed by atoms with Crippen molar-refractivity contribution in [1.82, 2.24) is 14.6 Å². The van der Waals surface area contributed by atoms with Crippen LogP contribution in [0.3, 0.4) is 0 Å².